The first kappa shape index (κ1) is 19.1. The molecule has 1 N–H and O–H groups in total. The third-order valence-electron chi connectivity index (χ3n) is 6.63. The van der Waals surface area contributed by atoms with E-state index < -0.39 is 5.54 Å². The number of nitrogens with one attached hydrogen (secondary N) is 1. The second-order valence-corrected chi connectivity index (χ2v) is 8.68. The number of aryl methyl sites for hydroxylation is 2. The Morgan fingerprint density at radius 3 is 2.67 bits per heavy atom. The number of carbonyl (C=O) groups is 1. The van der Waals surface area contributed by atoms with E-state index in [4.69, 9.17) is 4.52 Å². The first-order valence-electron chi connectivity index (χ1n) is 10.7. The molecule has 3 heterocycles. The van der Waals surface area contributed by atoms with Crippen LogP contribution in [0.2, 0.25) is 0 Å². The van der Waals surface area contributed by atoms with Gasteiger partial charge in [0.2, 0.25) is 0 Å². The van der Waals surface area contributed by atoms with Crippen LogP contribution in [0.15, 0.2) is 53.1 Å². The van der Waals surface area contributed by atoms with Gasteiger partial charge in [0.15, 0.2) is 5.54 Å². The lowest BCUT2D eigenvalue weighted by Crippen LogP contribution is -2.55. The van der Waals surface area contributed by atoms with Crippen molar-refractivity contribution in [3.63, 3.8) is 0 Å². The Balaban J connectivity index is 1.75. The number of fused-ring (bicyclic) bond motifs is 1. The number of carbonyl (C=O) groups excluding carboxylic acids is 1. The molecule has 0 bridgehead atoms. The van der Waals surface area contributed by atoms with Crippen LogP contribution in [0.4, 0.5) is 5.69 Å². The minimum absolute atomic E-state index is 0.0358. The standard InChI is InChI=1S/C25H27N3O2/c1-16-8-7-13-28(15-16)25(20-9-5-4-6-10-20)21-14-19(11-12-22(21)26-24(25)29)23-17(2)27-30-18(23)3/h4-6,9-12,14,16H,7-8,13,15H2,1-3H3,(H,26,29)/t16-,25?/m0/s1. The van der Waals surface area contributed by atoms with Gasteiger partial charge in [-0.2, -0.15) is 0 Å². The van der Waals surface area contributed by atoms with Crippen molar-refractivity contribution in [1.82, 2.24) is 10.1 Å². The molecule has 0 spiro atoms. The molecule has 1 amide bonds. The predicted octanol–water partition coefficient (Wildman–Crippen LogP) is 4.89. The first-order valence-corrected chi connectivity index (χ1v) is 10.7. The SMILES string of the molecule is Cc1noc(C)c1-c1ccc2c(c1)C(c1ccccc1)(N1CCC[C@H](C)C1)C(=O)N2. The van der Waals surface area contributed by atoms with Crippen molar-refractivity contribution in [2.24, 2.45) is 5.92 Å². The van der Waals surface area contributed by atoms with Crippen molar-refractivity contribution in [1.29, 1.82) is 0 Å². The summed E-state index contributed by atoms with van der Waals surface area (Å²) in [5.74, 6) is 1.39. The van der Waals surface area contributed by atoms with Gasteiger partial charge >= 0.3 is 0 Å². The number of aromatic nitrogens is 1. The van der Waals surface area contributed by atoms with Crippen LogP contribution in [0.1, 0.15) is 42.3 Å². The predicted molar refractivity (Wildman–Crippen MR) is 117 cm³/mol. The van der Waals surface area contributed by atoms with E-state index in [-0.39, 0.29) is 5.91 Å². The number of benzene rings is 2. The molecule has 0 saturated carbocycles. The molecular weight excluding hydrogens is 374 g/mol. The smallest absolute Gasteiger partial charge is 0.254 e. The summed E-state index contributed by atoms with van der Waals surface area (Å²) >= 11 is 0. The molecule has 5 rings (SSSR count). The molecule has 5 heteroatoms. The minimum atomic E-state index is -0.819. The first-order chi connectivity index (χ1) is 14.5. The topological polar surface area (TPSA) is 58.4 Å². The average molecular weight is 402 g/mol. The molecule has 0 aliphatic carbocycles. The van der Waals surface area contributed by atoms with Crippen LogP contribution in [0.25, 0.3) is 11.1 Å². The number of anilines is 1. The fourth-order valence-electron chi connectivity index (χ4n) is 5.29. The molecule has 1 aromatic heterocycles. The molecule has 154 valence electrons. The second kappa shape index (κ2) is 7.10. The molecular formula is C25H27N3O2. The van der Waals surface area contributed by atoms with Crippen LogP contribution in [0.3, 0.4) is 0 Å². The molecule has 1 saturated heterocycles. The van der Waals surface area contributed by atoms with Crippen LogP contribution in [-0.2, 0) is 10.3 Å². The van der Waals surface area contributed by atoms with E-state index in [1.807, 2.05) is 44.2 Å². The number of nitrogens with zero attached hydrogens (tertiary/aromatic N) is 2. The lowest BCUT2D eigenvalue weighted by molar-refractivity contribution is -0.126. The molecule has 2 atom stereocenters. The van der Waals surface area contributed by atoms with Gasteiger partial charge in [-0.05, 0) is 62.4 Å². The maximum absolute atomic E-state index is 13.7. The number of hydrogen-bond acceptors (Lipinski definition) is 4. The third kappa shape index (κ3) is 2.72. The molecule has 2 aliphatic heterocycles. The quantitative estimate of drug-likeness (QED) is 0.679. The maximum Gasteiger partial charge on any atom is 0.254 e. The van der Waals surface area contributed by atoms with Crippen molar-refractivity contribution in [3.05, 3.63) is 71.1 Å². The van der Waals surface area contributed by atoms with Crippen LogP contribution in [0.5, 0.6) is 0 Å². The van der Waals surface area contributed by atoms with E-state index in [0.29, 0.717) is 5.92 Å². The van der Waals surface area contributed by atoms with Gasteiger partial charge in [0, 0.05) is 23.4 Å². The summed E-state index contributed by atoms with van der Waals surface area (Å²) < 4.78 is 5.41. The van der Waals surface area contributed by atoms with Crippen molar-refractivity contribution in [2.45, 2.75) is 39.2 Å². The van der Waals surface area contributed by atoms with Gasteiger partial charge in [-0.1, -0.05) is 48.5 Å². The highest BCUT2D eigenvalue weighted by molar-refractivity contribution is 6.09. The largest absolute Gasteiger partial charge is 0.361 e. The van der Waals surface area contributed by atoms with Crippen molar-refractivity contribution in [2.75, 3.05) is 18.4 Å². The molecule has 2 aliphatic rings. The van der Waals surface area contributed by atoms with Gasteiger partial charge in [0.05, 0.1) is 5.69 Å². The third-order valence-corrected chi connectivity index (χ3v) is 6.63. The summed E-state index contributed by atoms with van der Waals surface area (Å²) in [7, 11) is 0. The van der Waals surface area contributed by atoms with Gasteiger partial charge in [-0.25, -0.2) is 0 Å². The lowest BCUT2D eigenvalue weighted by Gasteiger charge is -2.44. The normalized spacial score (nSPS) is 24.0. The van der Waals surface area contributed by atoms with E-state index in [2.05, 4.69) is 40.5 Å². The zero-order chi connectivity index (χ0) is 20.9. The highest BCUT2D eigenvalue weighted by Gasteiger charge is 2.53. The summed E-state index contributed by atoms with van der Waals surface area (Å²) in [6.45, 7) is 7.97. The molecule has 0 radical (unpaired) electrons. The highest BCUT2D eigenvalue weighted by Crippen LogP contribution is 2.48. The zero-order valence-corrected chi connectivity index (χ0v) is 17.7. The Hall–Kier alpha value is -2.92. The summed E-state index contributed by atoms with van der Waals surface area (Å²) in [4.78, 5) is 16.1. The van der Waals surface area contributed by atoms with Gasteiger partial charge in [-0.15, -0.1) is 0 Å². The van der Waals surface area contributed by atoms with E-state index in [0.717, 1.165) is 58.9 Å². The molecule has 30 heavy (non-hydrogen) atoms. The van der Waals surface area contributed by atoms with Gasteiger partial charge in [-0.3, -0.25) is 9.69 Å². The fraction of sp³-hybridized carbons (Fsp3) is 0.360. The lowest BCUT2D eigenvalue weighted by atomic mass is 9.79. The maximum atomic E-state index is 13.7. The Morgan fingerprint density at radius 2 is 1.97 bits per heavy atom. The second-order valence-electron chi connectivity index (χ2n) is 8.68. The van der Waals surface area contributed by atoms with Gasteiger partial charge < -0.3 is 9.84 Å². The number of rotatable bonds is 3. The van der Waals surface area contributed by atoms with E-state index in [1.165, 1.54) is 6.42 Å². The van der Waals surface area contributed by atoms with Crippen LogP contribution in [-0.4, -0.2) is 29.1 Å². The minimum Gasteiger partial charge on any atom is -0.361 e. The number of hydrogen-bond donors (Lipinski definition) is 1. The fourth-order valence-corrected chi connectivity index (χ4v) is 5.29. The molecule has 1 fully saturated rings. The molecule has 3 aromatic rings. The summed E-state index contributed by atoms with van der Waals surface area (Å²) in [6, 6.07) is 16.4. The Kier molecular flexibility index (Phi) is 4.51. The monoisotopic (exact) mass is 401 g/mol. The van der Waals surface area contributed by atoms with Crippen molar-refractivity contribution >= 4 is 11.6 Å². The van der Waals surface area contributed by atoms with Crippen LogP contribution < -0.4 is 5.32 Å². The number of piperidine rings is 1. The Labute approximate surface area is 177 Å². The van der Waals surface area contributed by atoms with E-state index in [1.54, 1.807) is 0 Å². The van der Waals surface area contributed by atoms with E-state index in [9.17, 15) is 4.79 Å². The molecule has 2 aromatic carbocycles. The molecule has 5 nitrogen and oxygen atoms in total. The Morgan fingerprint density at radius 1 is 1.17 bits per heavy atom. The van der Waals surface area contributed by atoms with Gasteiger partial charge in [0.25, 0.3) is 5.91 Å². The van der Waals surface area contributed by atoms with E-state index >= 15 is 0 Å². The number of amides is 1. The average Bonchev–Trinajstić information content (AvgIpc) is 3.24. The van der Waals surface area contributed by atoms with Crippen molar-refractivity contribution < 1.29 is 9.32 Å². The van der Waals surface area contributed by atoms with Crippen LogP contribution in [0, 0.1) is 19.8 Å². The molecule has 1 unspecified atom stereocenters. The summed E-state index contributed by atoms with van der Waals surface area (Å²) in [5.41, 5.74) is 5.01. The number of likely N-dealkylation sites (tertiary alicyclic amines) is 1. The summed E-state index contributed by atoms with van der Waals surface area (Å²) in [6.07, 6.45) is 2.30. The zero-order valence-electron chi connectivity index (χ0n) is 17.7. The summed E-state index contributed by atoms with van der Waals surface area (Å²) in [5, 5.41) is 7.31. The van der Waals surface area contributed by atoms with Crippen molar-refractivity contribution in [3.8, 4) is 11.1 Å². The van der Waals surface area contributed by atoms with Crippen LogP contribution >= 0.6 is 0 Å². The van der Waals surface area contributed by atoms with Gasteiger partial charge in [0.1, 0.15) is 5.76 Å². The Bertz CT molecular complexity index is 1090. The highest BCUT2D eigenvalue weighted by atomic mass is 16.5.